The Hall–Kier alpha value is -1.90. The highest BCUT2D eigenvalue weighted by Crippen LogP contribution is 2.44. The van der Waals surface area contributed by atoms with E-state index in [-0.39, 0.29) is 5.03 Å². The molecule has 1 saturated heterocycles. The summed E-state index contributed by atoms with van der Waals surface area (Å²) in [6.07, 6.45) is 0. The Morgan fingerprint density at radius 3 is 2.50 bits per heavy atom. The number of hydrogen-bond donors (Lipinski definition) is 2. The zero-order valence-corrected chi connectivity index (χ0v) is 11.1. The summed E-state index contributed by atoms with van der Waals surface area (Å²) in [5.74, 6) is 0. The number of aromatic amines is 2. The van der Waals surface area contributed by atoms with E-state index in [0.717, 1.165) is 17.3 Å². The molecule has 2 heterocycles. The first-order chi connectivity index (χ1) is 9.70. The molecule has 0 bridgehead atoms. The Kier molecular flexibility index (Phi) is 3.43. The lowest BCUT2D eigenvalue weighted by Gasteiger charge is -2.25. The van der Waals surface area contributed by atoms with E-state index < -0.39 is 16.4 Å². The van der Waals surface area contributed by atoms with Gasteiger partial charge in [-0.1, -0.05) is 30.3 Å². The second-order valence-corrected chi connectivity index (χ2v) is 5.16. The molecule has 20 heavy (non-hydrogen) atoms. The van der Waals surface area contributed by atoms with E-state index in [9.17, 15) is 9.59 Å². The Morgan fingerprint density at radius 2 is 1.85 bits per heavy atom. The van der Waals surface area contributed by atoms with Crippen LogP contribution in [0.5, 0.6) is 0 Å². The van der Waals surface area contributed by atoms with Gasteiger partial charge in [0.2, 0.25) is 0 Å². The van der Waals surface area contributed by atoms with Gasteiger partial charge in [-0.2, -0.15) is 5.10 Å². The molecule has 0 atom stereocenters. The molecule has 0 unspecified atom stereocenters. The van der Waals surface area contributed by atoms with Crippen molar-refractivity contribution in [2.45, 2.75) is 10.1 Å². The fraction of sp³-hybridized carbons (Fsp3) is 0.250. The third-order valence-electron chi connectivity index (χ3n) is 2.71. The van der Waals surface area contributed by atoms with Crippen molar-refractivity contribution < 1.29 is 9.47 Å². The maximum absolute atomic E-state index is 11.7. The van der Waals surface area contributed by atoms with Crippen LogP contribution < -0.4 is 11.2 Å². The van der Waals surface area contributed by atoms with E-state index in [1.165, 1.54) is 0 Å². The van der Waals surface area contributed by atoms with Crippen LogP contribution in [0.3, 0.4) is 0 Å². The van der Waals surface area contributed by atoms with Gasteiger partial charge in [0.1, 0.15) is 0 Å². The third kappa shape index (κ3) is 2.40. The molecule has 1 fully saturated rings. The zero-order chi connectivity index (χ0) is 14.0. The minimum atomic E-state index is -1.11. The van der Waals surface area contributed by atoms with Crippen LogP contribution >= 0.6 is 11.8 Å². The number of nitrogens with one attached hydrogen (secondary N) is 2. The van der Waals surface area contributed by atoms with Gasteiger partial charge < -0.3 is 9.47 Å². The van der Waals surface area contributed by atoms with Gasteiger partial charge in [-0.05, 0) is 11.8 Å². The molecule has 0 aliphatic carbocycles. The van der Waals surface area contributed by atoms with E-state index in [0.29, 0.717) is 13.2 Å². The molecule has 0 amide bonds. The summed E-state index contributed by atoms with van der Waals surface area (Å²) >= 11 is 1.02. The number of rotatable bonds is 3. The normalized spacial score (nSPS) is 17.2. The molecule has 1 aliphatic rings. The maximum atomic E-state index is 11.7. The van der Waals surface area contributed by atoms with E-state index in [4.69, 9.17) is 9.47 Å². The fourth-order valence-corrected chi connectivity index (χ4v) is 2.88. The molecule has 1 aromatic heterocycles. The minimum absolute atomic E-state index is 0.0790. The first-order valence-corrected chi connectivity index (χ1v) is 6.73. The van der Waals surface area contributed by atoms with Crippen molar-refractivity contribution in [1.29, 1.82) is 0 Å². The summed E-state index contributed by atoms with van der Waals surface area (Å²) in [5.41, 5.74) is -0.454. The largest absolute Gasteiger partial charge is 0.342 e. The Morgan fingerprint density at radius 1 is 1.15 bits per heavy atom. The number of aromatic nitrogens is 3. The molecule has 3 rings (SSSR count). The molecule has 104 valence electrons. The Labute approximate surface area is 117 Å². The van der Waals surface area contributed by atoms with Crippen molar-refractivity contribution >= 4 is 11.8 Å². The maximum Gasteiger partial charge on any atom is 0.342 e. The van der Waals surface area contributed by atoms with Crippen LogP contribution in [0.4, 0.5) is 0 Å². The van der Waals surface area contributed by atoms with Gasteiger partial charge in [0, 0.05) is 5.56 Å². The molecule has 2 N–H and O–H groups in total. The highest BCUT2D eigenvalue weighted by atomic mass is 32.2. The van der Waals surface area contributed by atoms with Crippen molar-refractivity contribution in [3.8, 4) is 0 Å². The average Bonchev–Trinajstić information content (AvgIpc) is 2.93. The summed E-state index contributed by atoms with van der Waals surface area (Å²) in [4.78, 5) is 24.8. The Balaban J connectivity index is 2.00. The molecule has 0 saturated carbocycles. The lowest BCUT2D eigenvalue weighted by molar-refractivity contribution is -0.0817. The fourth-order valence-electron chi connectivity index (χ4n) is 1.85. The van der Waals surface area contributed by atoms with Gasteiger partial charge in [0.15, 0.2) is 5.03 Å². The van der Waals surface area contributed by atoms with Crippen molar-refractivity contribution in [1.82, 2.24) is 15.2 Å². The second-order valence-electron chi connectivity index (χ2n) is 4.03. The van der Waals surface area contributed by atoms with Crippen LogP contribution in [0.25, 0.3) is 0 Å². The summed E-state index contributed by atoms with van der Waals surface area (Å²) < 4.78 is 11.3. The molecule has 8 heteroatoms. The second kappa shape index (κ2) is 5.23. The van der Waals surface area contributed by atoms with Crippen LogP contribution in [0.15, 0.2) is 44.9 Å². The summed E-state index contributed by atoms with van der Waals surface area (Å²) in [6.45, 7) is 0.840. The molecule has 2 aromatic rings. The predicted octanol–water partition coefficient (Wildman–Crippen LogP) is 0.408. The van der Waals surface area contributed by atoms with Crippen LogP contribution in [-0.2, 0) is 14.6 Å². The molecule has 1 aliphatic heterocycles. The van der Waals surface area contributed by atoms with Gasteiger partial charge >= 0.3 is 5.69 Å². The van der Waals surface area contributed by atoms with Gasteiger partial charge in [0.25, 0.3) is 10.7 Å². The van der Waals surface area contributed by atoms with E-state index >= 15 is 0 Å². The molecular weight excluding hydrogens is 282 g/mol. The van der Waals surface area contributed by atoms with Crippen LogP contribution in [0.2, 0.25) is 0 Å². The molecule has 0 spiro atoms. The standard InChI is InChI=1S/C12H11N3O4S/c16-9-10(14-15-11(17)13-9)20-12(18-6-7-19-12)8-4-2-1-3-5-8/h1-5H,6-7H2,(H2,13,15,16,17). The number of hydrogen-bond acceptors (Lipinski definition) is 6. The predicted molar refractivity (Wildman–Crippen MR) is 71.4 cm³/mol. The first kappa shape index (κ1) is 13.1. The van der Waals surface area contributed by atoms with Gasteiger partial charge in [-0.3, -0.25) is 9.78 Å². The van der Waals surface area contributed by atoms with E-state index in [1.54, 1.807) is 0 Å². The Bertz CT molecular complexity index is 706. The van der Waals surface area contributed by atoms with Crippen molar-refractivity contribution in [3.63, 3.8) is 0 Å². The summed E-state index contributed by atoms with van der Waals surface area (Å²) in [7, 11) is 0. The summed E-state index contributed by atoms with van der Waals surface area (Å²) in [5, 5.41) is 4.89. The third-order valence-corrected chi connectivity index (χ3v) is 3.92. The summed E-state index contributed by atoms with van der Waals surface area (Å²) in [6, 6.07) is 9.28. The quantitative estimate of drug-likeness (QED) is 0.850. The van der Waals surface area contributed by atoms with Crippen LogP contribution in [-0.4, -0.2) is 28.4 Å². The molecule has 1 aromatic carbocycles. The smallest absolute Gasteiger partial charge is 0.335 e. The highest BCUT2D eigenvalue weighted by Gasteiger charge is 2.41. The average molecular weight is 293 g/mol. The minimum Gasteiger partial charge on any atom is -0.335 e. The number of H-pyrrole nitrogens is 2. The number of ether oxygens (including phenoxy) is 2. The van der Waals surface area contributed by atoms with E-state index in [2.05, 4.69) is 15.2 Å². The van der Waals surface area contributed by atoms with Crippen molar-refractivity contribution in [2.75, 3.05) is 13.2 Å². The first-order valence-electron chi connectivity index (χ1n) is 5.91. The molecular formula is C12H11N3O4S. The lowest BCUT2D eigenvalue weighted by Crippen LogP contribution is -2.29. The van der Waals surface area contributed by atoms with Gasteiger partial charge in [0.05, 0.1) is 13.2 Å². The number of nitrogens with zero attached hydrogens (tertiary/aromatic N) is 1. The van der Waals surface area contributed by atoms with Crippen LogP contribution in [0, 0.1) is 0 Å². The van der Waals surface area contributed by atoms with Gasteiger partial charge in [-0.15, -0.1) is 0 Å². The lowest BCUT2D eigenvalue weighted by atomic mass is 10.2. The molecule has 7 nitrogen and oxygen atoms in total. The number of thioether (sulfide) groups is 1. The van der Waals surface area contributed by atoms with Crippen molar-refractivity contribution in [2.24, 2.45) is 0 Å². The number of benzene rings is 1. The zero-order valence-electron chi connectivity index (χ0n) is 10.3. The SMILES string of the molecule is O=c1[nH]nc(SC2(c3ccccc3)OCCO2)c(=O)[nH]1. The topological polar surface area (TPSA) is 97.1 Å². The highest BCUT2D eigenvalue weighted by molar-refractivity contribution is 7.99. The molecule has 0 radical (unpaired) electrons. The van der Waals surface area contributed by atoms with Crippen LogP contribution in [0.1, 0.15) is 5.56 Å². The van der Waals surface area contributed by atoms with Crippen molar-refractivity contribution in [3.05, 3.63) is 56.7 Å². The van der Waals surface area contributed by atoms with E-state index in [1.807, 2.05) is 30.3 Å². The van der Waals surface area contributed by atoms with Gasteiger partial charge in [-0.25, -0.2) is 9.89 Å². The monoisotopic (exact) mass is 293 g/mol.